The third-order valence-corrected chi connectivity index (χ3v) is 8.49. The maximum Gasteiger partial charge on any atom is 0.303 e. The molecule has 0 amide bonds. The molecule has 0 unspecified atom stereocenters. The predicted octanol–water partition coefficient (Wildman–Crippen LogP) is 0.682. The van der Waals surface area contributed by atoms with E-state index in [1.165, 1.54) is 6.92 Å². The highest BCUT2D eigenvalue weighted by molar-refractivity contribution is 6.04. The Morgan fingerprint density at radius 3 is 2.48 bits per heavy atom. The van der Waals surface area contributed by atoms with Crippen LogP contribution in [0.2, 0.25) is 0 Å². The molecule has 0 spiro atoms. The van der Waals surface area contributed by atoms with Gasteiger partial charge in [0.1, 0.15) is 11.7 Å². The standard InChI is InChI=1S/C23H30O8/c1-11-6-16-21(28,18(11)27)8-14(9-24)7-15-17-20(4,5)23(17,30-10-25)19(31-13(3)26)12(2)22(15,16)29/h6-7,10,12,15-17,19,24,28-29H,8-9H2,1-5H3/t12-,15+,16-,17-,19-,21-,22-,23-/m1/s1. The molecule has 8 atom stereocenters. The van der Waals surface area contributed by atoms with Gasteiger partial charge in [-0.1, -0.05) is 32.9 Å². The lowest BCUT2D eigenvalue weighted by molar-refractivity contribution is -0.224. The van der Waals surface area contributed by atoms with Gasteiger partial charge in [0.25, 0.3) is 6.47 Å². The SMILES string of the molecule is CC(=O)O[C@@H]1[C@@H](C)[C@@]2(O)[C@@H](C=C(CO)C[C@]3(O)C(=O)C(C)=C[C@@H]23)[C@@H]2C(C)(C)[C@]12OC=O. The molecule has 0 saturated heterocycles. The summed E-state index contributed by atoms with van der Waals surface area (Å²) in [5.74, 6) is -3.95. The normalized spacial score (nSPS) is 47.1. The first kappa shape index (κ1) is 22.2. The van der Waals surface area contributed by atoms with E-state index in [1.54, 1.807) is 26.0 Å². The highest BCUT2D eigenvalue weighted by Gasteiger charge is 2.87. The molecule has 8 nitrogen and oxygen atoms in total. The van der Waals surface area contributed by atoms with Crippen LogP contribution in [0.25, 0.3) is 0 Å². The van der Waals surface area contributed by atoms with Gasteiger partial charge in [0, 0.05) is 42.4 Å². The van der Waals surface area contributed by atoms with Gasteiger partial charge < -0.3 is 24.8 Å². The zero-order valence-electron chi connectivity index (χ0n) is 18.4. The molecule has 2 fully saturated rings. The lowest BCUT2D eigenvalue weighted by Crippen LogP contribution is -2.66. The summed E-state index contributed by atoms with van der Waals surface area (Å²) in [4.78, 5) is 36.4. The average Bonchev–Trinajstić information content (AvgIpc) is 3.12. The summed E-state index contributed by atoms with van der Waals surface area (Å²) < 4.78 is 11.3. The van der Waals surface area contributed by atoms with E-state index in [-0.39, 0.29) is 13.0 Å². The van der Waals surface area contributed by atoms with Gasteiger partial charge in [0.15, 0.2) is 11.4 Å². The molecular formula is C23H30O8. The Morgan fingerprint density at radius 1 is 1.29 bits per heavy atom. The van der Waals surface area contributed by atoms with Crippen LogP contribution in [0.3, 0.4) is 0 Å². The number of hydrogen-bond acceptors (Lipinski definition) is 8. The number of Topliss-reactive ketones (excluding diaryl/α,β-unsaturated/α-hetero) is 1. The van der Waals surface area contributed by atoms with Crippen LogP contribution in [0.1, 0.15) is 41.0 Å². The predicted molar refractivity (Wildman–Crippen MR) is 107 cm³/mol. The van der Waals surface area contributed by atoms with Gasteiger partial charge in [-0.05, 0) is 18.1 Å². The van der Waals surface area contributed by atoms with Gasteiger partial charge in [-0.25, -0.2) is 0 Å². The Balaban J connectivity index is 1.97. The highest BCUT2D eigenvalue weighted by Crippen LogP contribution is 2.76. The van der Waals surface area contributed by atoms with E-state index >= 15 is 0 Å². The number of hydrogen-bond donors (Lipinski definition) is 3. The number of ether oxygens (including phenoxy) is 2. The van der Waals surface area contributed by atoms with Crippen LogP contribution in [0, 0.1) is 29.1 Å². The second kappa shape index (κ2) is 6.49. The molecule has 170 valence electrons. The Bertz CT molecular complexity index is 919. The number of esters is 1. The summed E-state index contributed by atoms with van der Waals surface area (Å²) in [6.45, 7) is 8.23. The topological polar surface area (TPSA) is 130 Å². The molecule has 31 heavy (non-hydrogen) atoms. The molecule has 4 rings (SSSR count). The Labute approximate surface area is 180 Å². The minimum absolute atomic E-state index is 0.112. The van der Waals surface area contributed by atoms with E-state index < -0.39 is 63.7 Å². The fourth-order valence-corrected chi connectivity index (χ4v) is 7.12. The van der Waals surface area contributed by atoms with Gasteiger partial charge in [-0.3, -0.25) is 14.4 Å². The molecule has 8 heteroatoms. The molecule has 4 aliphatic carbocycles. The van der Waals surface area contributed by atoms with Crippen LogP contribution in [-0.2, 0) is 23.9 Å². The van der Waals surface area contributed by atoms with Crippen molar-refractivity contribution >= 4 is 18.2 Å². The third-order valence-electron chi connectivity index (χ3n) is 8.49. The smallest absolute Gasteiger partial charge is 0.303 e. The summed E-state index contributed by atoms with van der Waals surface area (Å²) >= 11 is 0. The minimum Gasteiger partial charge on any atom is -0.458 e. The van der Waals surface area contributed by atoms with Crippen LogP contribution in [0.15, 0.2) is 23.3 Å². The van der Waals surface area contributed by atoms with Crippen molar-refractivity contribution < 1.29 is 39.2 Å². The summed E-state index contributed by atoms with van der Waals surface area (Å²) in [7, 11) is 0. The van der Waals surface area contributed by atoms with Crippen molar-refractivity contribution in [2.45, 2.75) is 63.9 Å². The second-order valence-corrected chi connectivity index (χ2v) is 10.2. The zero-order valence-corrected chi connectivity index (χ0v) is 18.4. The summed E-state index contributed by atoms with van der Waals surface area (Å²) in [5, 5.41) is 33.8. The van der Waals surface area contributed by atoms with E-state index in [9.17, 15) is 29.7 Å². The fraction of sp³-hybridized carbons (Fsp3) is 0.696. The molecule has 0 aromatic rings. The molecule has 2 saturated carbocycles. The first-order valence-electron chi connectivity index (χ1n) is 10.6. The quantitative estimate of drug-likeness (QED) is 0.335. The van der Waals surface area contributed by atoms with Crippen molar-refractivity contribution in [2.24, 2.45) is 29.1 Å². The number of carbonyl (C=O) groups excluding carboxylic acids is 3. The Kier molecular flexibility index (Phi) is 4.65. The van der Waals surface area contributed by atoms with Gasteiger partial charge in [0.2, 0.25) is 0 Å². The van der Waals surface area contributed by atoms with Gasteiger partial charge in [-0.2, -0.15) is 0 Å². The molecule has 4 aliphatic rings. The Hall–Kier alpha value is -2.03. The van der Waals surface area contributed by atoms with Crippen LogP contribution in [0.5, 0.6) is 0 Å². The average molecular weight is 434 g/mol. The fourth-order valence-electron chi connectivity index (χ4n) is 7.12. The number of aliphatic hydroxyl groups is 3. The van der Waals surface area contributed by atoms with Crippen molar-refractivity contribution in [1.29, 1.82) is 0 Å². The molecule has 0 aromatic carbocycles. The van der Waals surface area contributed by atoms with E-state index in [4.69, 9.17) is 9.47 Å². The lowest BCUT2D eigenvalue weighted by Gasteiger charge is -2.52. The minimum atomic E-state index is -1.91. The maximum absolute atomic E-state index is 12.9. The number of ketones is 1. The van der Waals surface area contributed by atoms with Crippen molar-refractivity contribution in [3.05, 3.63) is 23.3 Å². The van der Waals surface area contributed by atoms with Crippen LogP contribution >= 0.6 is 0 Å². The monoisotopic (exact) mass is 434 g/mol. The van der Waals surface area contributed by atoms with Crippen LogP contribution in [0.4, 0.5) is 0 Å². The second-order valence-electron chi connectivity index (χ2n) is 10.2. The number of carbonyl (C=O) groups is 3. The largest absolute Gasteiger partial charge is 0.458 e. The molecule has 0 aromatic heterocycles. The molecular weight excluding hydrogens is 404 g/mol. The molecule has 0 heterocycles. The highest BCUT2D eigenvalue weighted by atomic mass is 16.6. The maximum atomic E-state index is 12.9. The molecule has 0 radical (unpaired) electrons. The van der Waals surface area contributed by atoms with E-state index in [2.05, 4.69) is 0 Å². The van der Waals surface area contributed by atoms with Crippen molar-refractivity contribution in [2.75, 3.05) is 6.61 Å². The summed E-state index contributed by atoms with van der Waals surface area (Å²) in [5.41, 5.74) is -4.66. The van der Waals surface area contributed by atoms with Gasteiger partial charge >= 0.3 is 5.97 Å². The molecule has 3 N–H and O–H groups in total. The first-order chi connectivity index (χ1) is 14.3. The summed E-state index contributed by atoms with van der Waals surface area (Å²) in [6.07, 6.45) is 2.22. The van der Waals surface area contributed by atoms with Crippen LogP contribution in [-0.4, -0.2) is 63.1 Å². The van der Waals surface area contributed by atoms with Crippen molar-refractivity contribution in [3.63, 3.8) is 0 Å². The molecule has 0 aliphatic heterocycles. The Morgan fingerprint density at radius 2 is 1.94 bits per heavy atom. The number of aliphatic hydroxyl groups excluding tert-OH is 1. The van der Waals surface area contributed by atoms with Crippen molar-refractivity contribution in [3.8, 4) is 0 Å². The first-order valence-corrected chi connectivity index (χ1v) is 10.6. The number of rotatable bonds is 4. The zero-order chi connectivity index (χ0) is 23.1. The van der Waals surface area contributed by atoms with E-state index in [0.717, 1.165) is 0 Å². The van der Waals surface area contributed by atoms with Gasteiger partial charge in [0.05, 0.1) is 12.2 Å². The van der Waals surface area contributed by atoms with E-state index in [1.807, 2.05) is 13.8 Å². The van der Waals surface area contributed by atoms with Crippen LogP contribution < -0.4 is 0 Å². The summed E-state index contributed by atoms with van der Waals surface area (Å²) in [6, 6.07) is 0. The van der Waals surface area contributed by atoms with E-state index in [0.29, 0.717) is 17.6 Å². The molecule has 0 bridgehead atoms. The van der Waals surface area contributed by atoms with Gasteiger partial charge in [-0.15, -0.1) is 0 Å². The number of fused-ring (bicyclic) bond motifs is 5. The lowest BCUT2D eigenvalue weighted by atomic mass is 9.59. The van der Waals surface area contributed by atoms with Crippen molar-refractivity contribution in [1.82, 2.24) is 0 Å². The third kappa shape index (κ3) is 2.44.